The Bertz CT molecular complexity index is 769. The lowest BCUT2D eigenvalue weighted by atomic mass is 10.1. The van der Waals surface area contributed by atoms with Gasteiger partial charge in [0, 0.05) is 60.4 Å². The summed E-state index contributed by atoms with van der Waals surface area (Å²) in [6.07, 6.45) is 3.79. The van der Waals surface area contributed by atoms with Crippen LogP contribution in [0.2, 0.25) is 0 Å². The van der Waals surface area contributed by atoms with Gasteiger partial charge in [-0.1, -0.05) is 12.1 Å². The van der Waals surface area contributed by atoms with Gasteiger partial charge in [-0.15, -0.1) is 24.0 Å². The molecule has 0 spiro atoms. The van der Waals surface area contributed by atoms with Crippen LogP contribution in [0.4, 0.5) is 0 Å². The second kappa shape index (κ2) is 14.3. The molecule has 1 aromatic carbocycles. The number of likely N-dealkylation sites (tertiary alicyclic amines) is 1. The molecule has 1 saturated heterocycles. The molecule has 2 N–H and O–H groups in total. The first-order chi connectivity index (χ1) is 14.8. The van der Waals surface area contributed by atoms with Gasteiger partial charge in [0.25, 0.3) is 5.91 Å². The average molecular weight is 559 g/mol. The van der Waals surface area contributed by atoms with Crippen LogP contribution in [0.3, 0.4) is 0 Å². The number of halogens is 1. The second-order valence-electron chi connectivity index (χ2n) is 8.36. The van der Waals surface area contributed by atoms with Gasteiger partial charge in [-0.05, 0) is 49.9 Å². The predicted octanol–water partition coefficient (Wildman–Crippen LogP) is 1.66. The molecule has 2 rings (SSSR count). The maximum absolute atomic E-state index is 12.3. The average Bonchev–Trinajstić information content (AvgIpc) is 3.22. The molecule has 0 aromatic heterocycles. The lowest BCUT2D eigenvalue weighted by Crippen LogP contribution is -2.44. The molecule has 0 radical (unpaired) electrons. The highest BCUT2D eigenvalue weighted by Gasteiger charge is 2.30. The van der Waals surface area contributed by atoms with E-state index in [9.17, 15) is 9.59 Å². The summed E-state index contributed by atoms with van der Waals surface area (Å²) in [6.45, 7) is 3.42. The van der Waals surface area contributed by atoms with E-state index in [1.165, 1.54) is 0 Å². The number of nitrogens with one attached hydrogen (secondary N) is 2. The fraction of sp³-hybridized carbons (Fsp3) is 0.609. The van der Waals surface area contributed by atoms with Crippen molar-refractivity contribution in [2.45, 2.75) is 31.7 Å². The summed E-state index contributed by atoms with van der Waals surface area (Å²) in [6, 6.07) is 7.78. The fourth-order valence-corrected chi connectivity index (χ4v) is 3.82. The number of likely N-dealkylation sites (N-methyl/N-ethyl adjacent to an activating group) is 1. The van der Waals surface area contributed by atoms with Crippen LogP contribution in [-0.2, 0) is 11.2 Å². The molecule has 1 aromatic rings. The molecule has 0 bridgehead atoms. The van der Waals surface area contributed by atoms with Crippen LogP contribution in [0.1, 0.15) is 35.2 Å². The Morgan fingerprint density at radius 2 is 1.84 bits per heavy atom. The Kier molecular flexibility index (Phi) is 12.6. The van der Waals surface area contributed by atoms with Crippen molar-refractivity contribution in [3.05, 3.63) is 35.4 Å². The SMILES string of the molecule is CN=C(NCCCN1CCCC1C(=O)N(C)C)NCCc1cccc(C(=O)N(C)C)c1.I. The van der Waals surface area contributed by atoms with Gasteiger partial charge in [0.15, 0.2) is 5.96 Å². The molecular formula is C23H39IN6O2. The fourth-order valence-electron chi connectivity index (χ4n) is 3.82. The lowest BCUT2D eigenvalue weighted by molar-refractivity contribution is -0.133. The van der Waals surface area contributed by atoms with Gasteiger partial charge in [0.2, 0.25) is 5.91 Å². The summed E-state index contributed by atoms with van der Waals surface area (Å²) in [5, 5.41) is 6.68. The van der Waals surface area contributed by atoms with Gasteiger partial charge in [0.05, 0.1) is 6.04 Å². The Hall–Kier alpha value is -1.88. The van der Waals surface area contributed by atoms with Crippen molar-refractivity contribution in [3.8, 4) is 0 Å². The van der Waals surface area contributed by atoms with Crippen LogP contribution in [-0.4, -0.2) is 99.9 Å². The highest BCUT2D eigenvalue weighted by atomic mass is 127. The molecule has 1 heterocycles. The quantitative estimate of drug-likeness (QED) is 0.209. The summed E-state index contributed by atoms with van der Waals surface area (Å²) >= 11 is 0. The summed E-state index contributed by atoms with van der Waals surface area (Å²) in [4.78, 5) is 34.3. The Morgan fingerprint density at radius 1 is 1.12 bits per heavy atom. The van der Waals surface area contributed by atoms with E-state index in [1.54, 1.807) is 30.9 Å². The molecule has 0 saturated carbocycles. The van der Waals surface area contributed by atoms with E-state index < -0.39 is 0 Å². The third kappa shape index (κ3) is 8.57. The predicted molar refractivity (Wildman–Crippen MR) is 141 cm³/mol. The largest absolute Gasteiger partial charge is 0.356 e. The molecule has 9 heteroatoms. The number of rotatable bonds is 9. The number of carbonyl (C=O) groups excluding carboxylic acids is 2. The first kappa shape index (κ1) is 28.2. The summed E-state index contributed by atoms with van der Waals surface area (Å²) in [5.41, 5.74) is 1.82. The van der Waals surface area contributed by atoms with Gasteiger partial charge in [-0.3, -0.25) is 19.5 Å². The second-order valence-corrected chi connectivity index (χ2v) is 8.36. The van der Waals surface area contributed by atoms with Crippen molar-refractivity contribution >= 4 is 41.8 Å². The zero-order chi connectivity index (χ0) is 22.8. The minimum absolute atomic E-state index is 0. The topological polar surface area (TPSA) is 80.3 Å². The maximum atomic E-state index is 12.3. The molecular weight excluding hydrogens is 519 g/mol. The van der Waals surface area contributed by atoms with Crippen molar-refractivity contribution in [1.82, 2.24) is 25.3 Å². The number of hydrogen-bond donors (Lipinski definition) is 2. The van der Waals surface area contributed by atoms with E-state index in [1.807, 2.05) is 38.4 Å². The molecule has 32 heavy (non-hydrogen) atoms. The van der Waals surface area contributed by atoms with E-state index in [0.717, 1.165) is 63.4 Å². The van der Waals surface area contributed by atoms with Crippen LogP contribution >= 0.6 is 24.0 Å². The van der Waals surface area contributed by atoms with Gasteiger partial charge >= 0.3 is 0 Å². The van der Waals surface area contributed by atoms with Crippen LogP contribution in [0.5, 0.6) is 0 Å². The number of amides is 2. The minimum Gasteiger partial charge on any atom is -0.356 e. The third-order valence-corrected chi connectivity index (χ3v) is 5.51. The van der Waals surface area contributed by atoms with Gasteiger partial charge in [-0.2, -0.15) is 0 Å². The van der Waals surface area contributed by atoms with Crippen molar-refractivity contribution in [2.24, 2.45) is 4.99 Å². The lowest BCUT2D eigenvalue weighted by Gasteiger charge is -2.26. The van der Waals surface area contributed by atoms with Crippen molar-refractivity contribution in [3.63, 3.8) is 0 Å². The molecule has 1 fully saturated rings. The van der Waals surface area contributed by atoms with Crippen LogP contribution in [0.25, 0.3) is 0 Å². The van der Waals surface area contributed by atoms with E-state index >= 15 is 0 Å². The van der Waals surface area contributed by atoms with Crippen LogP contribution in [0.15, 0.2) is 29.3 Å². The maximum Gasteiger partial charge on any atom is 0.253 e. The number of benzene rings is 1. The zero-order valence-electron chi connectivity index (χ0n) is 20.1. The molecule has 180 valence electrons. The van der Waals surface area contributed by atoms with Crippen molar-refractivity contribution in [1.29, 1.82) is 0 Å². The highest BCUT2D eigenvalue weighted by molar-refractivity contribution is 14.0. The van der Waals surface area contributed by atoms with Crippen molar-refractivity contribution in [2.75, 3.05) is 61.4 Å². The highest BCUT2D eigenvalue weighted by Crippen LogP contribution is 2.18. The van der Waals surface area contributed by atoms with E-state index in [-0.39, 0.29) is 41.8 Å². The molecule has 8 nitrogen and oxygen atoms in total. The van der Waals surface area contributed by atoms with Gasteiger partial charge in [0.1, 0.15) is 0 Å². The number of carbonyl (C=O) groups is 2. The molecule has 1 atom stereocenters. The number of nitrogens with zero attached hydrogens (tertiary/aromatic N) is 4. The molecule has 1 unspecified atom stereocenters. The smallest absolute Gasteiger partial charge is 0.253 e. The van der Waals surface area contributed by atoms with Gasteiger partial charge in [-0.25, -0.2) is 0 Å². The third-order valence-electron chi connectivity index (χ3n) is 5.51. The summed E-state index contributed by atoms with van der Waals surface area (Å²) < 4.78 is 0. The van der Waals surface area contributed by atoms with Crippen LogP contribution < -0.4 is 10.6 Å². The number of guanidine groups is 1. The number of hydrogen-bond acceptors (Lipinski definition) is 4. The molecule has 1 aliphatic rings. The molecule has 0 aliphatic carbocycles. The monoisotopic (exact) mass is 558 g/mol. The Labute approximate surface area is 209 Å². The van der Waals surface area contributed by atoms with Crippen molar-refractivity contribution < 1.29 is 9.59 Å². The first-order valence-electron chi connectivity index (χ1n) is 11.0. The van der Waals surface area contributed by atoms with E-state index in [2.05, 4.69) is 20.5 Å². The van der Waals surface area contributed by atoms with Crippen LogP contribution in [0, 0.1) is 0 Å². The molecule has 2 amide bonds. The first-order valence-corrected chi connectivity index (χ1v) is 11.0. The van der Waals surface area contributed by atoms with E-state index in [4.69, 9.17) is 0 Å². The van der Waals surface area contributed by atoms with Gasteiger partial charge < -0.3 is 20.4 Å². The Balaban J connectivity index is 0.00000512. The number of aliphatic imine (C=N–C) groups is 1. The van der Waals surface area contributed by atoms with E-state index in [0.29, 0.717) is 5.56 Å². The minimum atomic E-state index is 0. The normalized spacial score (nSPS) is 16.3. The summed E-state index contributed by atoms with van der Waals surface area (Å²) in [5.74, 6) is 0.988. The standard InChI is InChI=1S/C23H38N6O2.HI/c1-24-23(25-13-8-16-29-15-7-11-20(29)22(31)28(4)5)26-14-12-18-9-6-10-19(17-18)21(30)27(2)3;/h6,9-10,17,20H,7-8,11-16H2,1-5H3,(H2,24,25,26);1H. The zero-order valence-corrected chi connectivity index (χ0v) is 22.4. The Morgan fingerprint density at radius 3 is 2.50 bits per heavy atom. The summed E-state index contributed by atoms with van der Waals surface area (Å²) in [7, 11) is 8.93. The molecule has 1 aliphatic heterocycles.